The Hall–Kier alpha value is -1.39. The Morgan fingerprint density at radius 3 is 2.62 bits per heavy atom. The second kappa shape index (κ2) is 6.16. The molecule has 0 spiro atoms. The van der Waals surface area contributed by atoms with Gasteiger partial charge in [0.2, 0.25) is 0 Å². The van der Waals surface area contributed by atoms with Crippen molar-refractivity contribution in [2.75, 3.05) is 18.0 Å². The summed E-state index contributed by atoms with van der Waals surface area (Å²) in [5.41, 5.74) is 1.85. The van der Waals surface area contributed by atoms with Crippen LogP contribution in [0, 0.1) is 5.82 Å². The highest BCUT2D eigenvalue weighted by atomic mass is 79.9. The molecule has 1 N–H and O–H groups in total. The van der Waals surface area contributed by atoms with Gasteiger partial charge in [-0.05, 0) is 40.5 Å². The number of halogens is 2. The zero-order valence-corrected chi connectivity index (χ0v) is 13.5. The van der Waals surface area contributed by atoms with Crippen LogP contribution in [0.25, 0.3) is 0 Å². The predicted molar refractivity (Wildman–Crippen MR) is 88.1 cm³/mol. The molecule has 1 heterocycles. The fourth-order valence-electron chi connectivity index (χ4n) is 2.89. The molecule has 0 aliphatic carbocycles. The molecule has 0 radical (unpaired) electrons. The van der Waals surface area contributed by atoms with Crippen LogP contribution in [0.2, 0.25) is 0 Å². The van der Waals surface area contributed by atoms with E-state index in [1.54, 1.807) is 6.07 Å². The van der Waals surface area contributed by atoms with Crippen LogP contribution in [0.3, 0.4) is 0 Å². The van der Waals surface area contributed by atoms with E-state index < -0.39 is 0 Å². The number of nitrogens with one attached hydrogen (secondary N) is 1. The molecular formula is C17H18BrFN2. The fourth-order valence-corrected chi connectivity index (χ4v) is 3.46. The van der Waals surface area contributed by atoms with E-state index in [-0.39, 0.29) is 11.9 Å². The van der Waals surface area contributed by atoms with Gasteiger partial charge in [-0.3, -0.25) is 0 Å². The van der Waals surface area contributed by atoms with Crippen LogP contribution in [0.5, 0.6) is 0 Å². The summed E-state index contributed by atoms with van der Waals surface area (Å²) < 4.78 is 15.2. The van der Waals surface area contributed by atoms with Crippen molar-refractivity contribution in [1.29, 1.82) is 0 Å². The Labute approximate surface area is 133 Å². The summed E-state index contributed by atoms with van der Waals surface area (Å²) in [5, 5.41) is 3.49. The van der Waals surface area contributed by atoms with Crippen LogP contribution >= 0.6 is 15.9 Å². The van der Waals surface area contributed by atoms with Crippen LogP contribution in [-0.4, -0.2) is 19.1 Å². The third kappa shape index (κ3) is 2.97. The molecule has 1 aliphatic heterocycles. The molecule has 1 fully saturated rings. The second-order valence-corrected chi connectivity index (χ2v) is 6.31. The normalized spacial score (nSPS) is 22.3. The third-order valence-electron chi connectivity index (χ3n) is 3.92. The number of benzene rings is 2. The Bertz CT molecular complexity index is 597. The minimum absolute atomic E-state index is 0.135. The highest BCUT2D eigenvalue weighted by Crippen LogP contribution is 2.36. The van der Waals surface area contributed by atoms with Crippen molar-refractivity contribution in [2.45, 2.75) is 19.0 Å². The summed E-state index contributed by atoms with van der Waals surface area (Å²) in [6, 6.07) is 15.9. The van der Waals surface area contributed by atoms with Crippen molar-refractivity contribution in [2.24, 2.45) is 0 Å². The summed E-state index contributed by atoms with van der Waals surface area (Å²) in [6.07, 6.45) is 0. The molecule has 0 amide bonds. The van der Waals surface area contributed by atoms with Gasteiger partial charge in [0.15, 0.2) is 0 Å². The molecule has 3 rings (SSSR count). The lowest BCUT2D eigenvalue weighted by molar-refractivity contribution is 0.411. The van der Waals surface area contributed by atoms with E-state index in [2.05, 4.69) is 45.2 Å². The molecule has 1 saturated heterocycles. The number of hydrogen-bond acceptors (Lipinski definition) is 2. The molecule has 110 valence electrons. The molecule has 0 bridgehead atoms. The maximum absolute atomic E-state index is 14.4. The molecule has 2 nitrogen and oxygen atoms in total. The average Bonchev–Trinajstić information content (AvgIpc) is 2.48. The van der Waals surface area contributed by atoms with Crippen molar-refractivity contribution in [3.05, 3.63) is 64.4 Å². The highest BCUT2D eigenvalue weighted by molar-refractivity contribution is 9.10. The maximum atomic E-state index is 14.4. The van der Waals surface area contributed by atoms with E-state index in [1.807, 2.05) is 24.3 Å². The van der Waals surface area contributed by atoms with Crippen LogP contribution in [0.4, 0.5) is 10.1 Å². The molecule has 0 saturated carbocycles. The van der Waals surface area contributed by atoms with Crippen LogP contribution in [0.15, 0.2) is 53.0 Å². The Morgan fingerprint density at radius 2 is 1.90 bits per heavy atom. The Kier molecular flexibility index (Phi) is 4.27. The zero-order valence-electron chi connectivity index (χ0n) is 11.9. The van der Waals surface area contributed by atoms with Gasteiger partial charge < -0.3 is 10.2 Å². The van der Waals surface area contributed by atoms with Crippen molar-refractivity contribution >= 4 is 21.6 Å². The maximum Gasteiger partial charge on any atom is 0.147 e. The van der Waals surface area contributed by atoms with Gasteiger partial charge in [0.05, 0.1) is 11.7 Å². The standard InChI is InChI=1S/C17H18BrFN2/c1-12-11-21(17-14(18)8-5-9-15(17)19)16(10-20-12)13-6-3-2-4-7-13/h2-9,12,16,20H,10-11H2,1H3. The van der Waals surface area contributed by atoms with Gasteiger partial charge in [0.25, 0.3) is 0 Å². The van der Waals surface area contributed by atoms with E-state index in [0.717, 1.165) is 17.6 Å². The van der Waals surface area contributed by atoms with Crippen molar-refractivity contribution in [3.63, 3.8) is 0 Å². The van der Waals surface area contributed by atoms with Crippen LogP contribution in [0.1, 0.15) is 18.5 Å². The topological polar surface area (TPSA) is 15.3 Å². The number of piperazine rings is 1. The first-order chi connectivity index (χ1) is 10.2. The summed E-state index contributed by atoms with van der Waals surface area (Å²) >= 11 is 3.50. The molecule has 1 aliphatic rings. The number of nitrogens with zero attached hydrogens (tertiary/aromatic N) is 1. The minimum atomic E-state index is -0.181. The first-order valence-electron chi connectivity index (χ1n) is 7.16. The smallest absolute Gasteiger partial charge is 0.147 e. The lowest BCUT2D eigenvalue weighted by Gasteiger charge is -2.41. The summed E-state index contributed by atoms with van der Waals surface area (Å²) in [4.78, 5) is 2.16. The monoisotopic (exact) mass is 348 g/mol. The number of rotatable bonds is 2. The van der Waals surface area contributed by atoms with E-state index in [4.69, 9.17) is 0 Å². The van der Waals surface area contributed by atoms with Crippen LogP contribution < -0.4 is 10.2 Å². The molecule has 2 atom stereocenters. The van der Waals surface area contributed by atoms with Crippen molar-refractivity contribution in [3.8, 4) is 0 Å². The van der Waals surface area contributed by atoms with Gasteiger partial charge in [-0.1, -0.05) is 36.4 Å². The Balaban J connectivity index is 2.03. The lowest BCUT2D eigenvalue weighted by Crippen LogP contribution is -2.51. The van der Waals surface area contributed by atoms with Gasteiger partial charge in [0, 0.05) is 23.6 Å². The third-order valence-corrected chi connectivity index (χ3v) is 4.56. The summed E-state index contributed by atoms with van der Waals surface area (Å²) in [7, 11) is 0. The number of para-hydroxylation sites is 1. The van der Waals surface area contributed by atoms with E-state index in [9.17, 15) is 4.39 Å². The lowest BCUT2D eigenvalue weighted by atomic mass is 10.0. The van der Waals surface area contributed by atoms with E-state index in [0.29, 0.717) is 11.7 Å². The molecule has 2 aromatic carbocycles. The molecule has 21 heavy (non-hydrogen) atoms. The Morgan fingerprint density at radius 1 is 1.14 bits per heavy atom. The van der Waals surface area contributed by atoms with Gasteiger partial charge in [0.1, 0.15) is 5.82 Å². The first-order valence-corrected chi connectivity index (χ1v) is 7.95. The van der Waals surface area contributed by atoms with Crippen molar-refractivity contribution in [1.82, 2.24) is 5.32 Å². The largest absolute Gasteiger partial charge is 0.358 e. The van der Waals surface area contributed by atoms with Gasteiger partial charge in [-0.25, -0.2) is 4.39 Å². The SMILES string of the molecule is CC1CN(c2c(F)cccc2Br)C(c2ccccc2)CN1. The minimum Gasteiger partial charge on any atom is -0.358 e. The predicted octanol–water partition coefficient (Wildman–Crippen LogP) is 4.13. The molecule has 4 heteroatoms. The van der Waals surface area contributed by atoms with E-state index in [1.165, 1.54) is 11.6 Å². The first kappa shape index (κ1) is 14.5. The van der Waals surface area contributed by atoms with Gasteiger partial charge in [-0.15, -0.1) is 0 Å². The average molecular weight is 349 g/mol. The quantitative estimate of drug-likeness (QED) is 0.877. The summed E-state index contributed by atoms with van der Waals surface area (Å²) in [6.45, 7) is 3.72. The number of anilines is 1. The second-order valence-electron chi connectivity index (χ2n) is 5.46. The molecule has 0 aromatic heterocycles. The molecular weight excluding hydrogens is 331 g/mol. The highest BCUT2D eigenvalue weighted by Gasteiger charge is 2.30. The van der Waals surface area contributed by atoms with E-state index >= 15 is 0 Å². The summed E-state index contributed by atoms with van der Waals surface area (Å²) in [5.74, 6) is -0.181. The van der Waals surface area contributed by atoms with Crippen LogP contribution in [-0.2, 0) is 0 Å². The molecule has 2 aromatic rings. The molecule has 2 unspecified atom stereocenters. The van der Waals surface area contributed by atoms with Crippen molar-refractivity contribution < 1.29 is 4.39 Å². The zero-order chi connectivity index (χ0) is 14.8. The van der Waals surface area contributed by atoms with Gasteiger partial charge in [-0.2, -0.15) is 0 Å². The van der Waals surface area contributed by atoms with Gasteiger partial charge >= 0.3 is 0 Å². The fraction of sp³-hybridized carbons (Fsp3) is 0.294. The number of hydrogen-bond donors (Lipinski definition) is 1.